The van der Waals surface area contributed by atoms with Crippen LogP contribution in [0.1, 0.15) is 46.4 Å². The van der Waals surface area contributed by atoms with Gasteiger partial charge in [0.1, 0.15) is 6.04 Å². The Morgan fingerprint density at radius 2 is 2.23 bits per heavy atom. The van der Waals surface area contributed by atoms with Gasteiger partial charge in [-0.25, -0.2) is 0 Å². The molecule has 2 aromatic heterocycles. The molecule has 0 spiro atoms. The Labute approximate surface area is 129 Å². The molecular weight excluding hydrogens is 284 g/mol. The number of methoxy groups -OCH3 is 1. The van der Waals surface area contributed by atoms with Gasteiger partial charge in [0, 0.05) is 32.0 Å². The molecule has 2 rings (SSSR count). The summed E-state index contributed by atoms with van der Waals surface area (Å²) in [6.07, 6.45) is 0.581. The van der Waals surface area contributed by atoms with E-state index in [4.69, 9.17) is 9.26 Å². The molecule has 0 saturated carbocycles. The monoisotopic (exact) mass is 306 g/mol. The normalized spacial score (nSPS) is 12.4. The number of aromatic nitrogens is 3. The lowest BCUT2D eigenvalue weighted by Gasteiger charge is -2.09. The number of nitrogens with one attached hydrogen (secondary N) is 1. The van der Waals surface area contributed by atoms with Crippen molar-refractivity contribution in [3.8, 4) is 0 Å². The number of hydrogen-bond donors (Lipinski definition) is 1. The van der Waals surface area contributed by atoms with E-state index in [2.05, 4.69) is 15.5 Å². The molecule has 0 aliphatic heterocycles. The van der Waals surface area contributed by atoms with Crippen molar-refractivity contribution in [2.75, 3.05) is 13.7 Å². The SMILES string of the molecule is COCCc1noc(C(C)NC(=O)c2cc(C)n(C)c2C)n1. The molecule has 120 valence electrons. The van der Waals surface area contributed by atoms with E-state index in [-0.39, 0.29) is 11.9 Å². The number of rotatable bonds is 6. The van der Waals surface area contributed by atoms with Crippen LogP contribution in [0.15, 0.2) is 10.6 Å². The van der Waals surface area contributed by atoms with Crippen LogP contribution in [0.25, 0.3) is 0 Å². The fourth-order valence-corrected chi connectivity index (χ4v) is 2.16. The largest absolute Gasteiger partial charge is 0.384 e. The molecule has 7 heteroatoms. The van der Waals surface area contributed by atoms with E-state index in [1.165, 1.54) is 0 Å². The minimum Gasteiger partial charge on any atom is -0.384 e. The molecule has 2 heterocycles. The molecular formula is C15H22N4O3. The van der Waals surface area contributed by atoms with Gasteiger partial charge < -0.3 is 19.1 Å². The van der Waals surface area contributed by atoms with Crippen molar-refractivity contribution < 1.29 is 14.1 Å². The van der Waals surface area contributed by atoms with Gasteiger partial charge in [-0.1, -0.05) is 5.16 Å². The zero-order valence-corrected chi connectivity index (χ0v) is 13.6. The third-order valence-electron chi connectivity index (χ3n) is 3.75. The minimum atomic E-state index is -0.351. The molecule has 0 saturated heterocycles. The van der Waals surface area contributed by atoms with Crippen LogP contribution in [-0.4, -0.2) is 34.3 Å². The topological polar surface area (TPSA) is 82.2 Å². The molecule has 1 atom stereocenters. The highest BCUT2D eigenvalue weighted by molar-refractivity contribution is 5.95. The lowest BCUT2D eigenvalue weighted by Crippen LogP contribution is -2.27. The predicted octanol–water partition coefficient (Wildman–Crippen LogP) is 1.70. The summed E-state index contributed by atoms with van der Waals surface area (Å²) >= 11 is 0. The molecule has 0 aliphatic carbocycles. The molecule has 1 amide bonds. The van der Waals surface area contributed by atoms with Crippen molar-refractivity contribution in [1.29, 1.82) is 0 Å². The maximum Gasteiger partial charge on any atom is 0.253 e. The van der Waals surface area contributed by atoms with Gasteiger partial charge in [-0.2, -0.15) is 4.98 Å². The van der Waals surface area contributed by atoms with Gasteiger partial charge in [-0.15, -0.1) is 0 Å². The second kappa shape index (κ2) is 6.74. The standard InChI is InChI=1S/C15H22N4O3/c1-9-8-12(11(3)19(9)4)14(20)16-10(2)15-17-13(18-22-15)6-7-21-5/h8,10H,6-7H2,1-5H3,(H,16,20). The second-order valence-corrected chi connectivity index (χ2v) is 5.33. The minimum absolute atomic E-state index is 0.148. The van der Waals surface area contributed by atoms with E-state index in [1.807, 2.05) is 38.5 Å². The maximum atomic E-state index is 12.4. The Hall–Kier alpha value is -2.15. The summed E-state index contributed by atoms with van der Waals surface area (Å²) in [5.74, 6) is 0.819. The van der Waals surface area contributed by atoms with E-state index in [0.29, 0.717) is 30.3 Å². The van der Waals surface area contributed by atoms with Gasteiger partial charge in [-0.3, -0.25) is 4.79 Å². The van der Waals surface area contributed by atoms with Crippen molar-refractivity contribution >= 4 is 5.91 Å². The molecule has 1 N–H and O–H groups in total. The van der Waals surface area contributed by atoms with E-state index in [9.17, 15) is 4.79 Å². The molecule has 22 heavy (non-hydrogen) atoms. The summed E-state index contributed by atoms with van der Waals surface area (Å²) in [7, 11) is 3.55. The van der Waals surface area contributed by atoms with Crippen molar-refractivity contribution in [2.45, 2.75) is 33.2 Å². The summed E-state index contributed by atoms with van der Waals surface area (Å²) < 4.78 is 12.1. The quantitative estimate of drug-likeness (QED) is 0.878. The van der Waals surface area contributed by atoms with Gasteiger partial charge in [0.05, 0.1) is 12.2 Å². The number of aryl methyl sites for hydroxylation is 1. The van der Waals surface area contributed by atoms with Crippen molar-refractivity contribution in [3.63, 3.8) is 0 Å². The van der Waals surface area contributed by atoms with E-state index in [0.717, 1.165) is 11.4 Å². The Morgan fingerprint density at radius 3 is 2.82 bits per heavy atom. The first-order chi connectivity index (χ1) is 10.4. The van der Waals surface area contributed by atoms with E-state index in [1.54, 1.807) is 7.11 Å². The summed E-state index contributed by atoms with van der Waals surface area (Å²) in [6, 6.07) is 1.52. The number of carbonyl (C=O) groups excluding carboxylic acids is 1. The average Bonchev–Trinajstić information content (AvgIpc) is 3.06. The zero-order valence-electron chi connectivity index (χ0n) is 13.6. The number of carbonyl (C=O) groups is 1. The van der Waals surface area contributed by atoms with Gasteiger partial charge in [0.25, 0.3) is 5.91 Å². The van der Waals surface area contributed by atoms with Gasteiger partial charge in [0.2, 0.25) is 5.89 Å². The van der Waals surface area contributed by atoms with Crippen LogP contribution in [0.4, 0.5) is 0 Å². The third-order valence-corrected chi connectivity index (χ3v) is 3.75. The van der Waals surface area contributed by atoms with Crippen LogP contribution >= 0.6 is 0 Å². The molecule has 0 fully saturated rings. The molecule has 1 unspecified atom stereocenters. The van der Waals surface area contributed by atoms with Crippen LogP contribution in [0.3, 0.4) is 0 Å². The van der Waals surface area contributed by atoms with Gasteiger partial charge in [-0.05, 0) is 26.8 Å². The fraction of sp³-hybridized carbons (Fsp3) is 0.533. The first-order valence-electron chi connectivity index (χ1n) is 7.19. The lowest BCUT2D eigenvalue weighted by molar-refractivity contribution is 0.0932. The smallest absolute Gasteiger partial charge is 0.253 e. The summed E-state index contributed by atoms with van der Waals surface area (Å²) in [4.78, 5) is 16.6. The first kappa shape index (κ1) is 16.2. The Bertz CT molecular complexity index is 660. The molecule has 2 aromatic rings. The van der Waals surface area contributed by atoms with E-state index < -0.39 is 0 Å². The molecule has 0 aromatic carbocycles. The third kappa shape index (κ3) is 3.36. The molecule has 7 nitrogen and oxygen atoms in total. The molecule has 0 aliphatic rings. The van der Waals surface area contributed by atoms with Crippen molar-refractivity contribution in [1.82, 2.24) is 20.0 Å². The van der Waals surface area contributed by atoms with Crippen LogP contribution in [0.2, 0.25) is 0 Å². The fourth-order valence-electron chi connectivity index (χ4n) is 2.16. The molecule has 0 bridgehead atoms. The van der Waals surface area contributed by atoms with Gasteiger partial charge >= 0.3 is 0 Å². The Balaban J connectivity index is 2.04. The van der Waals surface area contributed by atoms with Crippen LogP contribution in [0.5, 0.6) is 0 Å². The number of hydrogen-bond acceptors (Lipinski definition) is 5. The maximum absolute atomic E-state index is 12.4. The van der Waals surface area contributed by atoms with Crippen LogP contribution in [-0.2, 0) is 18.2 Å². The molecule has 0 radical (unpaired) electrons. The highest BCUT2D eigenvalue weighted by Gasteiger charge is 2.20. The highest BCUT2D eigenvalue weighted by atomic mass is 16.5. The number of nitrogens with zero attached hydrogens (tertiary/aromatic N) is 3. The summed E-state index contributed by atoms with van der Waals surface area (Å²) in [5.41, 5.74) is 2.62. The average molecular weight is 306 g/mol. The van der Waals surface area contributed by atoms with Crippen LogP contribution in [0, 0.1) is 13.8 Å². The first-order valence-corrected chi connectivity index (χ1v) is 7.19. The van der Waals surface area contributed by atoms with Crippen molar-refractivity contribution in [3.05, 3.63) is 34.7 Å². The number of ether oxygens (including phenoxy) is 1. The Kier molecular flexibility index (Phi) is 4.97. The van der Waals surface area contributed by atoms with Crippen LogP contribution < -0.4 is 5.32 Å². The highest BCUT2D eigenvalue weighted by Crippen LogP contribution is 2.16. The summed E-state index contributed by atoms with van der Waals surface area (Å²) in [5, 5.41) is 6.75. The lowest BCUT2D eigenvalue weighted by atomic mass is 10.2. The van der Waals surface area contributed by atoms with Crippen molar-refractivity contribution in [2.24, 2.45) is 7.05 Å². The predicted molar refractivity (Wildman–Crippen MR) is 80.6 cm³/mol. The summed E-state index contributed by atoms with van der Waals surface area (Å²) in [6.45, 7) is 6.23. The van der Waals surface area contributed by atoms with E-state index >= 15 is 0 Å². The second-order valence-electron chi connectivity index (χ2n) is 5.33. The zero-order chi connectivity index (χ0) is 16.3. The Morgan fingerprint density at radius 1 is 1.50 bits per heavy atom. The number of amides is 1. The van der Waals surface area contributed by atoms with Gasteiger partial charge in [0.15, 0.2) is 5.82 Å².